The highest BCUT2D eigenvalue weighted by atomic mass is 16.5. The van der Waals surface area contributed by atoms with Gasteiger partial charge in [0.25, 0.3) is 0 Å². The van der Waals surface area contributed by atoms with Crippen LogP contribution in [0.25, 0.3) is 10.9 Å². The molecule has 1 aromatic carbocycles. The monoisotopic (exact) mass is 258 g/mol. The maximum Gasteiger partial charge on any atom is 0.119 e. The number of hydrogen-bond acceptors (Lipinski definition) is 2. The van der Waals surface area contributed by atoms with Crippen LogP contribution in [0.4, 0.5) is 0 Å². The summed E-state index contributed by atoms with van der Waals surface area (Å²) in [5.41, 5.74) is 1.29. The largest absolute Gasteiger partial charge is 0.497 e. The topological polar surface area (TPSA) is 26.2 Å². The number of aromatic nitrogens is 1. The van der Waals surface area contributed by atoms with E-state index in [1.807, 2.05) is 6.07 Å². The van der Waals surface area contributed by atoms with Crippen molar-refractivity contribution in [1.29, 1.82) is 0 Å². The van der Waals surface area contributed by atoms with Crippen LogP contribution >= 0.6 is 0 Å². The van der Waals surface area contributed by atoms with Gasteiger partial charge >= 0.3 is 0 Å². The van der Waals surface area contributed by atoms with Crippen molar-refractivity contribution in [2.75, 3.05) is 13.7 Å². The second-order valence-electron chi connectivity index (χ2n) is 5.37. The number of nitrogens with zero attached hydrogens (tertiary/aromatic N) is 1. The molecular weight excluding hydrogens is 236 g/mol. The summed E-state index contributed by atoms with van der Waals surface area (Å²) in [4.78, 5) is 0. The Balaban J connectivity index is 1.64. The predicted octanol–water partition coefficient (Wildman–Crippen LogP) is 3.18. The van der Waals surface area contributed by atoms with Crippen LogP contribution in [-0.2, 0) is 6.54 Å². The lowest BCUT2D eigenvalue weighted by Gasteiger charge is -2.12. The van der Waals surface area contributed by atoms with Gasteiger partial charge in [0.15, 0.2) is 0 Å². The Morgan fingerprint density at radius 2 is 2.11 bits per heavy atom. The summed E-state index contributed by atoms with van der Waals surface area (Å²) in [5, 5.41) is 4.91. The number of fused-ring (bicyclic) bond motifs is 1. The molecule has 1 saturated carbocycles. The van der Waals surface area contributed by atoms with Gasteiger partial charge in [-0.15, -0.1) is 0 Å². The summed E-state index contributed by atoms with van der Waals surface area (Å²) in [5.74, 6) is 0.925. The average Bonchev–Trinajstić information content (AvgIpc) is 3.08. The molecule has 19 heavy (non-hydrogen) atoms. The van der Waals surface area contributed by atoms with Gasteiger partial charge in [0, 0.05) is 36.2 Å². The zero-order valence-corrected chi connectivity index (χ0v) is 11.6. The van der Waals surface area contributed by atoms with Crippen LogP contribution in [0.1, 0.15) is 25.7 Å². The van der Waals surface area contributed by atoms with Crippen molar-refractivity contribution in [3.8, 4) is 5.75 Å². The van der Waals surface area contributed by atoms with E-state index in [0.29, 0.717) is 0 Å². The first-order valence-corrected chi connectivity index (χ1v) is 7.23. The Morgan fingerprint density at radius 3 is 2.89 bits per heavy atom. The lowest BCUT2D eigenvalue weighted by Crippen LogP contribution is -2.29. The van der Waals surface area contributed by atoms with Crippen molar-refractivity contribution in [3.63, 3.8) is 0 Å². The van der Waals surface area contributed by atoms with Crippen LogP contribution < -0.4 is 10.1 Å². The van der Waals surface area contributed by atoms with E-state index in [0.717, 1.165) is 24.9 Å². The minimum absolute atomic E-state index is 0.752. The van der Waals surface area contributed by atoms with Crippen molar-refractivity contribution in [3.05, 3.63) is 30.5 Å². The summed E-state index contributed by atoms with van der Waals surface area (Å²) in [6, 6.07) is 9.18. The number of ether oxygens (including phenoxy) is 1. The third-order valence-corrected chi connectivity index (χ3v) is 4.12. The standard InChI is InChI=1S/C16H22N2O/c1-19-15-6-7-16-13(12-15)8-10-18(16)11-9-17-14-4-2-3-5-14/h6-8,10,12,14,17H,2-5,9,11H2,1H3. The fraction of sp³-hybridized carbons (Fsp3) is 0.500. The highest BCUT2D eigenvalue weighted by molar-refractivity contribution is 5.81. The number of benzene rings is 1. The van der Waals surface area contributed by atoms with E-state index < -0.39 is 0 Å². The predicted molar refractivity (Wildman–Crippen MR) is 78.7 cm³/mol. The number of nitrogens with one attached hydrogen (secondary N) is 1. The third kappa shape index (κ3) is 2.76. The van der Waals surface area contributed by atoms with Crippen molar-refractivity contribution in [2.24, 2.45) is 0 Å². The molecule has 1 aromatic heterocycles. The summed E-state index contributed by atoms with van der Waals surface area (Å²) in [6.07, 6.45) is 7.65. The zero-order valence-electron chi connectivity index (χ0n) is 11.6. The van der Waals surface area contributed by atoms with E-state index >= 15 is 0 Å². The number of hydrogen-bond donors (Lipinski definition) is 1. The highest BCUT2D eigenvalue weighted by Gasteiger charge is 2.13. The fourth-order valence-corrected chi connectivity index (χ4v) is 3.02. The average molecular weight is 258 g/mol. The van der Waals surface area contributed by atoms with Gasteiger partial charge in [-0.05, 0) is 37.1 Å². The van der Waals surface area contributed by atoms with Gasteiger partial charge in [0.1, 0.15) is 5.75 Å². The van der Waals surface area contributed by atoms with Crippen LogP contribution in [0.5, 0.6) is 5.75 Å². The SMILES string of the molecule is COc1ccc2c(ccn2CCNC2CCCC2)c1. The lowest BCUT2D eigenvalue weighted by molar-refractivity contribution is 0.415. The Kier molecular flexibility index (Phi) is 3.74. The van der Waals surface area contributed by atoms with Gasteiger partial charge in [-0.25, -0.2) is 0 Å². The molecule has 0 unspecified atom stereocenters. The van der Waals surface area contributed by atoms with Gasteiger partial charge in [-0.3, -0.25) is 0 Å². The van der Waals surface area contributed by atoms with Gasteiger partial charge in [0.2, 0.25) is 0 Å². The molecule has 0 amide bonds. The van der Waals surface area contributed by atoms with E-state index in [4.69, 9.17) is 4.74 Å². The van der Waals surface area contributed by atoms with Gasteiger partial charge in [-0.2, -0.15) is 0 Å². The van der Waals surface area contributed by atoms with Crippen molar-refractivity contribution < 1.29 is 4.74 Å². The van der Waals surface area contributed by atoms with E-state index in [-0.39, 0.29) is 0 Å². The maximum absolute atomic E-state index is 5.26. The summed E-state index contributed by atoms with van der Waals surface area (Å²) in [6.45, 7) is 2.09. The molecule has 102 valence electrons. The van der Waals surface area contributed by atoms with E-state index in [1.165, 1.54) is 36.6 Å². The summed E-state index contributed by atoms with van der Waals surface area (Å²) >= 11 is 0. The molecule has 0 spiro atoms. The van der Waals surface area contributed by atoms with Crippen LogP contribution in [0, 0.1) is 0 Å². The highest BCUT2D eigenvalue weighted by Crippen LogP contribution is 2.22. The molecule has 1 aliphatic carbocycles. The maximum atomic E-state index is 5.26. The number of rotatable bonds is 5. The summed E-state index contributed by atoms with van der Waals surface area (Å²) < 4.78 is 7.57. The smallest absolute Gasteiger partial charge is 0.119 e. The lowest BCUT2D eigenvalue weighted by atomic mass is 10.2. The molecule has 0 aliphatic heterocycles. The van der Waals surface area contributed by atoms with Crippen molar-refractivity contribution in [2.45, 2.75) is 38.3 Å². The van der Waals surface area contributed by atoms with Crippen molar-refractivity contribution >= 4 is 10.9 Å². The third-order valence-electron chi connectivity index (χ3n) is 4.12. The molecule has 2 aromatic rings. The quantitative estimate of drug-likeness (QED) is 0.891. The summed E-state index contributed by atoms with van der Waals surface area (Å²) in [7, 11) is 1.71. The minimum Gasteiger partial charge on any atom is -0.497 e. The van der Waals surface area contributed by atoms with E-state index in [2.05, 4.69) is 34.3 Å². The molecule has 3 rings (SSSR count). The Bertz CT molecular complexity index is 541. The fourth-order valence-electron chi connectivity index (χ4n) is 3.02. The van der Waals surface area contributed by atoms with Gasteiger partial charge in [0.05, 0.1) is 7.11 Å². The molecule has 1 fully saturated rings. The molecule has 1 aliphatic rings. The minimum atomic E-state index is 0.752. The normalized spacial score (nSPS) is 16.3. The molecule has 3 heteroatoms. The number of methoxy groups -OCH3 is 1. The Hall–Kier alpha value is -1.48. The molecule has 0 bridgehead atoms. The van der Waals surface area contributed by atoms with Gasteiger partial charge < -0.3 is 14.6 Å². The first kappa shape index (κ1) is 12.5. The van der Waals surface area contributed by atoms with E-state index in [1.54, 1.807) is 7.11 Å². The second kappa shape index (κ2) is 5.66. The second-order valence-corrected chi connectivity index (χ2v) is 5.37. The molecule has 1 N–H and O–H groups in total. The van der Waals surface area contributed by atoms with Crippen LogP contribution in [-0.4, -0.2) is 24.3 Å². The van der Waals surface area contributed by atoms with Gasteiger partial charge in [-0.1, -0.05) is 12.8 Å². The molecule has 1 heterocycles. The molecule has 3 nitrogen and oxygen atoms in total. The molecule has 0 radical (unpaired) electrons. The van der Waals surface area contributed by atoms with Crippen LogP contribution in [0.2, 0.25) is 0 Å². The van der Waals surface area contributed by atoms with Crippen LogP contribution in [0.15, 0.2) is 30.5 Å². The zero-order chi connectivity index (χ0) is 13.1. The molecule has 0 atom stereocenters. The van der Waals surface area contributed by atoms with Crippen LogP contribution in [0.3, 0.4) is 0 Å². The first-order valence-electron chi connectivity index (χ1n) is 7.23. The Morgan fingerprint density at radius 1 is 1.26 bits per heavy atom. The Labute approximate surface area is 114 Å². The molecular formula is C16H22N2O. The first-order chi connectivity index (χ1) is 9.36. The molecule has 0 saturated heterocycles. The van der Waals surface area contributed by atoms with Crippen molar-refractivity contribution in [1.82, 2.24) is 9.88 Å². The van der Waals surface area contributed by atoms with E-state index in [9.17, 15) is 0 Å².